The lowest BCUT2D eigenvalue weighted by atomic mass is 10.0. The SMILES string of the molecule is CCOC(=O)Cn1c(C)c(Cc2cccnc2S(=O)(=O)c2ccc(F)cc2)c2cc(F)ccc21.Cc1c(Cc2cccnc2S(=O)(=O)c2ccc(F)cc2)c2cc(F)ccc2n1CC(=O)O. The third kappa shape index (κ3) is 9.60. The van der Waals surface area contributed by atoms with Crippen molar-refractivity contribution in [3.63, 3.8) is 0 Å². The Bertz CT molecular complexity index is 3370. The standard InChI is InChI=1S/C25H22F2N2O4S.C23H18F2N2O4S/c1-3-33-24(30)15-29-16(2)21(22-14-19(27)8-11-23(22)29)13-17-5-4-12-28-25(17)34(31,32)20-9-6-18(26)7-10-20;1-14-19(20-12-17(25)6-9-21(20)27(14)13-22(28)29)11-15-3-2-10-26-23(15)32(30,31)18-7-4-16(24)5-8-18/h4-12,14H,3,13,15H2,1-2H3;2-10,12H,11,13H2,1H3,(H,28,29). The minimum atomic E-state index is -4.05. The van der Waals surface area contributed by atoms with Gasteiger partial charge >= 0.3 is 11.9 Å². The maximum Gasteiger partial charge on any atom is 0.325 e. The van der Waals surface area contributed by atoms with Crippen molar-refractivity contribution in [3.8, 4) is 0 Å². The second kappa shape index (κ2) is 19.1. The molecule has 0 atom stereocenters. The molecule has 0 bridgehead atoms. The molecule has 0 aliphatic rings. The molecule has 0 saturated heterocycles. The van der Waals surface area contributed by atoms with E-state index >= 15 is 0 Å². The van der Waals surface area contributed by atoms with Crippen molar-refractivity contribution in [1.82, 2.24) is 19.1 Å². The molecule has 0 fully saturated rings. The Balaban J connectivity index is 0.000000197. The summed E-state index contributed by atoms with van der Waals surface area (Å²) in [6.45, 7) is 5.07. The summed E-state index contributed by atoms with van der Waals surface area (Å²) in [5.74, 6) is -3.54. The highest BCUT2D eigenvalue weighted by Gasteiger charge is 2.27. The molecule has 66 heavy (non-hydrogen) atoms. The lowest BCUT2D eigenvalue weighted by Gasteiger charge is -2.11. The van der Waals surface area contributed by atoms with E-state index in [-0.39, 0.29) is 52.4 Å². The van der Waals surface area contributed by atoms with Gasteiger partial charge in [-0.1, -0.05) is 12.1 Å². The Labute approximate surface area is 376 Å². The van der Waals surface area contributed by atoms with E-state index in [9.17, 15) is 49.1 Å². The predicted octanol–water partition coefficient (Wildman–Crippen LogP) is 8.74. The van der Waals surface area contributed by atoms with Gasteiger partial charge < -0.3 is 19.0 Å². The second-order valence-corrected chi connectivity index (χ2v) is 18.8. The van der Waals surface area contributed by atoms with Crippen LogP contribution in [0, 0.1) is 37.1 Å². The van der Waals surface area contributed by atoms with E-state index in [0.29, 0.717) is 55.4 Å². The van der Waals surface area contributed by atoms with Crippen LogP contribution in [0.2, 0.25) is 0 Å². The van der Waals surface area contributed by atoms with Crippen LogP contribution in [0.25, 0.3) is 21.8 Å². The molecule has 1 N–H and O–H groups in total. The molecule has 4 aromatic carbocycles. The van der Waals surface area contributed by atoms with Crippen molar-refractivity contribution in [2.24, 2.45) is 0 Å². The summed E-state index contributed by atoms with van der Waals surface area (Å²) in [7, 11) is -8.08. The third-order valence-corrected chi connectivity index (χ3v) is 14.4. The van der Waals surface area contributed by atoms with Crippen molar-refractivity contribution in [2.75, 3.05) is 6.61 Å². The first-order valence-electron chi connectivity index (χ1n) is 20.2. The van der Waals surface area contributed by atoms with Gasteiger partial charge in [-0.3, -0.25) is 9.59 Å². The Hall–Kier alpha value is -7.18. The number of carboxylic acids is 1. The van der Waals surface area contributed by atoms with Crippen LogP contribution in [0.5, 0.6) is 0 Å². The van der Waals surface area contributed by atoms with Gasteiger partial charge in [0.05, 0.1) is 16.4 Å². The number of fused-ring (bicyclic) bond motifs is 2. The zero-order valence-electron chi connectivity index (χ0n) is 35.5. The number of hydrogen-bond acceptors (Lipinski definition) is 9. The van der Waals surface area contributed by atoms with Crippen molar-refractivity contribution < 1.29 is 53.8 Å². The van der Waals surface area contributed by atoms with Gasteiger partial charge in [-0.05, 0) is 140 Å². The lowest BCUT2D eigenvalue weighted by Crippen LogP contribution is -2.14. The van der Waals surface area contributed by atoms with E-state index in [0.717, 1.165) is 24.3 Å². The Kier molecular flexibility index (Phi) is 13.6. The van der Waals surface area contributed by atoms with Crippen LogP contribution in [-0.4, -0.2) is 59.6 Å². The topological polar surface area (TPSA) is 168 Å². The number of aromatic nitrogens is 4. The van der Waals surface area contributed by atoms with E-state index in [1.165, 1.54) is 67.0 Å². The summed E-state index contributed by atoms with van der Waals surface area (Å²) in [6, 6.07) is 23.7. The van der Waals surface area contributed by atoms with Crippen molar-refractivity contribution in [1.29, 1.82) is 0 Å². The van der Waals surface area contributed by atoms with E-state index in [4.69, 9.17) is 4.74 Å². The fraction of sp³-hybridized carbons (Fsp3) is 0.167. The molecule has 340 valence electrons. The average Bonchev–Trinajstić information content (AvgIpc) is 3.67. The number of rotatable bonds is 13. The van der Waals surface area contributed by atoms with Gasteiger partial charge in [-0.15, -0.1) is 0 Å². The van der Waals surface area contributed by atoms with Crippen LogP contribution < -0.4 is 0 Å². The first kappa shape index (κ1) is 46.8. The number of carbonyl (C=O) groups excluding carboxylic acids is 1. The summed E-state index contributed by atoms with van der Waals surface area (Å²) in [5, 5.41) is 10.00. The lowest BCUT2D eigenvalue weighted by molar-refractivity contribution is -0.143. The van der Waals surface area contributed by atoms with Crippen LogP contribution in [0.4, 0.5) is 17.6 Å². The molecule has 0 saturated carbocycles. The molecule has 18 heteroatoms. The molecule has 0 amide bonds. The van der Waals surface area contributed by atoms with E-state index in [1.807, 2.05) is 0 Å². The maximum atomic E-state index is 14.2. The zero-order valence-corrected chi connectivity index (χ0v) is 37.1. The highest BCUT2D eigenvalue weighted by atomic mass is 32.2. The molecule has 0 aliphatic heterocycles. The van der Waals surface area contributed by atoms with Gasteiger partial charge in [0.1, 0.15) is 36.4 Å². The first-order chi connectivity index (χ1) is 31.4. The van der Waals surface area contributed by atoms with Crippen LogP contribution in [-0.2, 0) is 59.9 Å². The fourth-order valence-corrected chi connectivity index (χ4v) is 10.6. The van der Waals surface area contributed by atoms with Crippen molar-refractivity contribution >= 4 is 53.4 Å². The number of hydrogen-bond donors (Lipinski definition) is 1. The normalized spacial score (nSPS) is 11.7. The number of pyridine rings is 2. The highest BCUT2D eigenvalue weighted by molar-refractivity contribution is 7.91. The first-order valence-corrected chi connectivity index (χ1v) is 23.2. The molecule has 12 nitrogen and oxygen atoms in total. The minimum Gasteiger partial charge on any atom is -0.480 e. The number of benzene rings is 4. The van der Waals surface area contributed by atoms with Crippen LogP contribution in [0.3, 0.4) is 0 Å². The summed E-state index contributed by atoms with van der Waals surface area (Å²) in [5.41, 5.74) is 4.46. The summed E-state index contributed by atoms with van der Waals surface area (Å²) >= 11 is 0. The number of carboxylic acid groups (broad SMARTS) is 1. The number of aliphatic carboxylic acids is 1. The second-order valence-electron chi connectivity index (χ2n) is 15.0. The number of carbonyl (C=O) groups is 2. The molecule has 4 aromatic heterocycles. The van der Waals surface area contributed by atoms with Crippen LogP contribution in [0.1, 0.15) is 40.6 Å². The third-order valence-electron chi connectivity index (χ3n) is 10.9. The van der Waals surface area contributed by atoms with E-state index < -0.39 is 54.9 Å². The Morgan fingerprint density at radius 3 is 1.38 bits per heavy atom. The molecule has 0 unspecified atom stereocenters. The van der Waals surface area contributed by atoms with Gasteiger partial charge in [-0.25, -0.2) is 44.4 Å². The minimum absolute atomic E-state index is 0.0599. The number of sulfone groups is 2. The maximum absolute atomic E-state index is 14.2. The monoisotopic (exact) mass is 940 g/mol. The van der Waals surface area contributed by atoms with Gasteiger partial charge in [0.15, 0.2) is 10.1 Å². The molecule has 0 spiro atoms. The molecule has 4 heterocycles. The van der Waals surface area contributed by atoms with E-state index in [2.05, 4.69) is 9.97 Å². The van der Waals surface area contributed by atoms with Crippen molar-refractivity contribution in [3.05, 3.63) is 178 Å². The van der Waals surface area contributed by atoms with Crippen molar-refractivity contribution in [2.45, 2.75) is 66.5 Å². The molecular weight excluding hydrogens is 901 g/mol. The zero-order chi connectivity index (χ0) is 47.5. The number of ether oxygens (including phenoxy) is 1. The van der Waals surface area contributed by atoms with Crippen LogP contribution >= 0.6 is 0 Å². The smallest absolute Gasteiger partial charge is 0.325 e. The summed E-state index contributed by atoms with van der Waals surface area (Å²) in [4.78, 5) is 31.5. The van der Waals surface area contributed by atoms with Gasteiger partial charge in [0.25, 0.3) is 0 Å². The summed E-state index contributed by atoms with van der Waals surface area (Å²) in [6.07, 6.45) is 2.93. The number of nitrogens with zero attached hydrogens (tertiary/aromatic N) is 4. The number of esters is 1. The molecule has 0 radical (unpaired) electrons. The molecular formula is C48H40F4N4O8S2. The van der Waals surface area contributed by atoms with E-state index in [1.54, 1.807) is 60.2 Å². The molecule has 0 aliphatic carbocycles. The predicted molar refractivity (Wildman–Crippen MR) is 235 cm³/mol. The Morgan fingerprint density at radius 2 is 0.985 bits per heavy atom. The largest absolute Gasteiger partial charge is 0.480 e. The van der Waals surface area contributed by atoms with Crippen LogP contribution in [0.15, 0.2) is 141 Å². The Morgan fingerprint density at radius 1 is 0.591 bits per heavy atom. The van der Waals surface area contributed by atoms with Gasteiger partial charge in [0, 0.05) is 58.4 Å². The fourth-order valence-electron chi connectivity index (χ4n) is 7.81. The number of halogens is 4. The van der Waals surface area contributed by atoms with Gasteiger partial charge in [0.2, 0.25) is 19.7 Å². The quantitative estimate of drug-likeness (QED) is 0.0671. The average molecular weight is 941 g/mol. The highest BCUT2D eigenvalue weighted by Crippen LogP contribution is 2.33. The van der Waals surface area contributed by atoms with Gasteiger partial charge in [-0.2, -0.15) is 0 Å². The molecule has 8 aromatic rings. The summed E-state index contributed by atoms with van der Waals surface area (Å²) < 4.78 is 116. The molecule has 8 rings (SSSR count).